The number of hydrogen-bond donors (Lipinski definition) is 1. The molecule has 0 aliphatic carbocycles. The van der Waals surface area contributed by atoms with Gasteiger partial charge in [0.1, 0.15) is 6.10 Å². The topological polar surface area (TPSA) is 59.4 Å². The molecule has 1 N–H and O–H groups in total. The van der Waals surface area contributed by atoms with E-state index in [9.17, 15) is 4.79 Å². The highest BCUT2D eigenvalue weighted by molar-refractivity contribution is 6.76. The van der Waals surface area contributed by atoms with Gasteiger partial charge in [-0.25, -0.2) is 4.79 Å². The zero-order chi connectivity index (χ0) is 11.6. The number of rotatable bonds is 1. The molecular weight excluding hydrogens is 264 g/mol. The first-order valence-corrected chi connectivity index (χ1v) is 5.15. The minimum Gasteiger partial charge on any atom is -0.467 e. The second-order valence-corrected chi connectivity index (χ2v) is 5.19. The maximum Gasteiger partial charge on any atom is 0.330 e. The van der Waals surface area contributed by atoms with E-state index in [4.69, 9.17) is 49.7 Å². The third-order valence-electron chi connectivity index (χ3n) is 1.70. The van der Waals surface area contributed by atoms with Crippen molar-refractivity contribution < 1.29 is 14.3 Å². The minimum absolute atomic E-state index is 0.456. The number of carbonyl (C=O) groups is 1. The number of esters is 1. The molecule has 0 unspecified atom stereocenters. The summed E-state index contributed by atoms with van der Waals surface area (Å²) in [6, 6.07) is 0. The molecule has 0 fully saturated rings. The summed E-state index contributed by atoms with van der Waals surface area (Å²) in [7, 11) is 0. The molecule has 1 aliphatic rings. The molecule has 0 aromatic heterocycles. The molecule has 0 aromatic carbocycles. The van der Waals surface area contributed by atoms with Crippen LogP contribution in [0.2, 0.25) is 0 Å². The van der Waals surface area contributed by atoms with E-state index in [1.54, 1.807) is 6.92 Å². The predicted molar refractivity (Wildman–Crippen MR) is 57.6 cm³/mol. The van der Waals surface area contributed by atoms with Crippen molar-refractivity contribution in [2.24, 2.45) is 0 Å². The molecule has 0 saturated carbocycles. The van der Waals surface area contributed by atoms with Crippen molar-refractivity contribution >= 4 is 46.7 Å². The Hall–Kier alpha value is -0.450. The van der Waals surface area contributed by atoms with Gasteiger partial charge < -0.3 is 9.47 Å². The van der Waals surface area contributed by atoms with E-state index in [-0.39, 0.29) is 0 Å². The molecule has 1 heterocycles. The Bertz CT molecular complexity index is 311. The van der Waals surface area contributed by atoms with Crippen molar-refractivity contribution in [3.05, 3.63) is 12.2 Å². The third-order valence-corrected chi connectivity index (χ3v) is 2.21. The molecule has 0 saturated heterocycles. The van der Waals surface area contributed by atoms with Crippen LogP contribution in [0.25, 0.3) is 0 Å². The number of ether oxygens (including phenoxy) is 2. The van der Waals surface area contributed by atoms with Gasteiger partial charge in [-0.05, 0) is 13.0 Å². The Morgan fingerprint density at radius 2 is 2.20 bits per heavy atom. The molecular formula is C8H8Cl3NO3. The van der Waals surface area contributed by atoms with E-state index in [1.165, 1.54) is 12.2 Å². The van der Waals surface area contributed by atoms with Gasteiger partial charge in [0.2, 0.25) is 5.90 Å². The molecule has 7 heteroatoms. The first kappa shape index (κ1) is 12.6. The summed E-state index contributed by atoms with van der Waals surface area (Å²) in [4.78, 5) is 10.8. The monoisotopic (exact) mass is 271 g/mol. The summed E-state index contributed by atoms with van der Waals surface area (Å²) in [5.74, 6) is -0.963. The van der Waals surface area contributed by atoms with Gasteiger partial charge in [0, 0.05) is 6.08 Å². The Morgan fingerprint density at radius 3 is 2.67 bits per heavy atom. The molecule has 84 valence electrons. The molecule has 0 radical (unpaired) electrons. The van der Waals surface area contributed by atoms with Crippen molar-refractivity contribution in [1.82, 2.24) is 0 Å². The summed E-state index contributed by atoms with van der Waals surface area (Å²) >= 11 is 16.3. The lowest BCUT2D eigenvalue weighted by Crippen LogP contribution is -2.37. The lowest BCUT2D eigenvalue weighted by atomic mass is 10.2. The standard InChI is InChI=1S/C8H8Cl3NO3/c1-4-5(2-3-6(13)14-4)15-7(12)8(9,10)11/h2-5,12H,1H3/t4-,5-/m1/s1. The Morgan fingerprint density at radius 1 is 1.60 bits per heavy atom. The first-order valence-electron chi connectivity index (χ1n) is 4.02. The molecule has 0 bridgehead atoms. The molecule has 0 amide bonds. The van der Waals surface area contributed by atoms with Crippen LogP contribution in [-0.2, 0) is 14.3 Å². The Kier molecular flexibility index (Phi) is 3.87. The summed E-state index contributed by atoms with van der Waals surface area (Å²) in [5.41, 5.74) is 0. The van der Waals surface area contributed by atoms with E-state index in [0.717, 1.165) is 0 Å². The van der Waals surface area contributed by atoms with Gasteiger partial charge >= 0.3 is 5.97 Å². The maximum absolute atomic E-state index is 10.8. The number of alkyl halides is 3. The van der Waals surface area contributed by atoms with E-state index in [0.29, 0.717) is 0 Å². The fourth-order valence-corrected chi connectivity index (χ4v) is 1.09. The van der Waals surface area contributed by atoms with Crippen LogP contribution >= 0.6 is 34.8 Å². The highest BCUT2D eigenvalue weighted by atomic mass is 35.6. The van der Waals surface area contributed by atoms with Crippen molar-refractivity contribution in [3.8, 4) is 0 Å². The van der Waals surface area contributed by atoms with Crippen LogP contribution in [0.4, 0.5) is 0 Å². The molecule has 4 nitrogen and oxygen atoms in total. The highest BCUT2D eigenvalue weighted by Gasteiger charge is 2.33. The van der Waals surface area contributed by atoms with Gasteiger partial charge in [-0.3, -0.25) is 5.41 Å². The summed E-state index contributed by atoms with van der Waals surface area (Å²) in [5, 5.41) is 7.32. The summed E-state index contributed by atoms with van der Waals surface area (Å²) in [6.07, 6.45) is 1.54. The normalized spacial score (nSPS) is 26.0. The van der Waals surface area contributed by atoms with Crippen molar-refractivity contribution in [1.29, 1.82) is 5.41 Å². The lowest BCUT2D eigenvalue weighted by molar-refractivity contribution is -0.147. The summed E-state index contributed by atoms with van der Waals surface area (Å²) in [6.45, 7) is 1.62. The van der Waals surface area contributed by atoms with Crippen molar-refractivity contribution in [3.63, 3.8) is 0 Å². The van der Waals surface area contributed by atoms with Crippen molar-refractivity contribution in [2.75, 3.05) is 0 Å². The highest BCUT2D eigenvalue weighted by Crippen LogP contribution is 2.29. The third kappa shape index (κ3) is 3.55. The van der Waals surface area contributed by atoms with Crippen LogP contribution in [-0.4, -0.2) is 27.9 Å². The molecule has 1 aliphatic heterocycles. The molecule has 15 heavy (non-hydrogen) atoms. The van der Waals surface area contributed by atoms with Crippen LogP contribution in [0.5, 0.6) is 0 Å². The second kappa shape index (κ2) is 4.60. The number of cyclic esters (lactones) is 1. The van der Waals surface area contributed by atoms with Gasteiger partial charge in [-0.15, -0.1) is 0 Å². The largest absolute Gasteiger partial charge is 0.467 e. The second-order valence-electron chi connectivity index (χ2n) is 2.91. The van der Waals surface area contributed by atoms with Gasteiger partial charge in [0.15, 0.2) is 6.10 Å². The fraction of sp³-hybridized carbons (Fsp3) is 0.500. The zero-order valence-corrected chi connectivity index (χ0v) is 9.94. The van der Waals surface area contributed by atoms with Gasteiger partial charge in [0.25, 0.3) is 3.79 Å². The summed E-state index contributed by atoms with van der Waals surface area (Å²) < 4.78 is 7.97. The number of nitrogens with one attached hydrogen (secondary N) is 1. The maximum atomic E-state index is 10.8. The van der Waals surface area contributed by atoms with Crippen LogP contribution in [0, 0.1) is 5.41 Å². The van der Waals surface area contributed by atoms with E-state index in [1.807, 2.05) is 0 Å². The SMILES string of the molecule is C[C@H]1OC(=O)C=C[C@H]1OC(=N)C(Cl)(Cl)Cl. The van der Waals surface area contributed by atoms with Gasteiger partial charge in [0.05, 0.1) is 0 Å². The molecule has 2 atom stereocenters. The lowest BCUT2D eigenvalue weighted by Gasteiger charge is -2.26. The average molecular weight is 273 g/mol. The molecule has 0 aromatic rings. The number of halogens is 3. The fourth-order valence-electron chi connectivity index (χ4n) is 0.957. The zero-order valence-electron chi connectivity index (χ0n) is 7.67. The number of carbonyl (C=O) groups excluding carboxylic acids is 1. The van der Waals surface area contributed by atoms with E-state index in [2.05, 4.69) is 0 Å². The first-order chi connectivity index (χ1) is 6.80. The van der Waals surface area contributed by atoms with Crippen molar-refractivity contribution in [2.45, 2.75) is 22.9 Å². The van der Waals surface area contributed by atoms with Crippen LogP contribution in [0.1, 0.15) is 6.92 Å². The van der Waals surface area contributed by atoms with Gasteiger partial charge in [-0.1, -0.05) is 34.8 Å². The van der Waals surface area contributed by atoms with E-state index < -0.39 is 27.9 Å². The molecule has 1 rings (SSSR count). The predicted octanol–water partition coefficient (Wildman–Crippen LogP) is 2.22. The average Bonchev–Trinajstić information content (AvgIpc) is 2.08. The minimum atomic E-state index is -1.91. The van der Waals surface area contributed by atoms with E-state index >= 15 is 0 Å². The Balaban J connectivity index is 2.63. The molecule has 0 spiro atoms. The number of hydrogen-bond acceptors (Lipinski definition) is 4. The van der Waals surface area contributed by atoms with Gasteiger partial charge in [-0.2, -0.15) is 0 Å². The van der Waals surface area contributed by atoms with Crippen LogP contribution in [0.3, 0.4) is 0 Å². The Labute approximate surface area is 102 Å². The quantitative estimate of drug-likeness (QED) is 0.345. The smallest absolute Gasteiger partial charge is 0.330 e. The van der Waals surface area contributed by atoms with Crippen LogP contribution < -0.4 is 0 Å². The van der Waals surface area contributed by atoms with Crippen LogP contribution in [0.15, 0.2) is 12.2 Å².